The Labute approximate surface area is 191 Å². The zero-order valence-corrected chi connectivity index (χ0v) is 18.3. The third kappa shape index (κ3) is 10.8. The van der Waals surface area contributed by atoms with E-state index in [4.69, 9.17) is 10.2 Å². The van der Waals surface area contributed by atoms with Gasteiger partial charge in [-0.05, 0) is 31.2 Å². The smallest absolute Gasteiger partial charge is 0.326 e. The summed E-state index contributed by atoms with van der Waals surface area (Å²) < 4.78 is 0. The molecule has 4 amide bonds. The molecule has 1 aromatic rings. The minimum atomic E-state index is -1.45. The Morgan fingerprint density at radius 2 is 1.58 bits per heavy atom. The number of benzene rings is 1. The Morgan fingerprint density at radius 3 is 2.15 bits per heavy atom. The fourth-order valence-corrected chi connectivity index (χ4v) is 2.91. The first-order valence-corrected chi connectivity index (χ1v) is 10.4. The monoisotopic (exact) mass is 466 g/mol. The van der Waals surface area contributed by atoms with Gasteiger partial charge in [0.25, 0.3) is 0 Å². The van der Waals surface area contributed by atoms with Crippen molar-refractivity contribution in [3.8, 4) is 0 Å². The number of nitrogens with zero attached hydrogens (tertiary/aromatic N) is 1. The quantitative estimate of drug-likeness (QED) is 0.220. The number of carboxylic acid groups (broad SMARTS) is 3. The van der Waals surface area contributed by atoms with Crippen LogP contribution in [0.1, 0.15) is 37.7 Å². The zero-order valence-electron chi connectivity index (χ0n) is 18.3. The number of hydrogen-bond acceptors (Lipinski definition) is 5. The van der Waals surface area contributed by atoms with Crippen molar-refractivity contribution >= 4 is 30.0 Å². The van der Waals surface area contributed by atoms with Gasteiger partial charge in [-0.2, -0.15) is 0 Å². The van der Waals surface area contributed by atoms with Crippen molar-refractivity contribution in [1.29, 1.82) is 0 Å². The molecule has 6 N–H and O–H groups in total. The van der Waals surface area contributed by atoms with Crippen LogP contribution >= 0.6 is 0 Å². The number of amides is 4. The van der Waals surface area contributed by atoms with E-state index in [9.17, 15) is 29.1 Å². The van der Waals surface area contributed by atoms with Crippen molar-refractivity contribution in [2.24, 2.45) is 0 Å². The fourth-order valence-electron chi connectivity index (χ4n) is 2.91. The first-order chi connectivity index (χ1) is 15.6. The van der Waals surface area contributed by atoms with Crippen LogP contribution in [0.2, 0.25) is 0 Å². The van der Waals surface area contributed by atoms with E-state index in [0.717, 1.165) is 10.5 Å². The Hall–Kier alpha value is -3.83. The molecule has 0 saturated carbocycles. The number of nitrogens with one attached hydrogen (secondary N) is 3. The molecule has 0 spiro atoms. The second-order valence-electron chi connectivity index (χ2n) is 7.33. The number of urea groups is 2. The highest BCUT2D eigenvalue weighted by molar-refractivity contribution is 5.86. The maximum Gasteiger partial charge on any atom is 0.326 e. The summed E-state index contributed by atoms with van der Waals surface area (Å²) in [5.41, 5.74) is 0.950. The van der Waals surface area contributed by atoms with Gasteiger partial charge >= 0.3 is 30.0 Å². The molecule has 2 atom stereocenters. The predicted molar refractivity (Wildman–Crippen MR) is 117 cm³/mol. The van der Waals surface area contributed by atoms with E-state index >= 15 is 0 Å². The molecule has 0 aromatic heterocycles. The van der Waals surface area contributed by atoms with Gasteiger partial charge in [0.05, 0.1) is 0 Å². The molecule has 182 valence electrons. The number of aliphatic carboxylic acids is 3. The van der Waals surface area contributed by atoms with Crippen LogP contribution in [0.3, 0.4) is 0 Å². The molecule has 0 aliphatic carbocycles. The lowest BCUT2D eigenvalue weighted by Crippen LogP contribution is -2.52. The molecule has 1 aromatic carbocycles. The topological polar surface area (TPSA) is 185 Å². The maximum absolute atomic E-state index is 12.3. The number of likely N-dealkylation sites (N-methyl/N-ethyl adjacent to an activating group) is 1. The van der Waals surface area contributed by atoms with Crippen LogP contribution in [0.5, 0.6) is 0 Å². The standard InChI is InChI=1S/C21H30N4O8/c1-25(21(33)24-15(18(28)29)10-11-17(26)27)16(19(30)31)9-5-6-12-22-20(32)23-13-14-7-3-2-4-8-14/h2-4,7-8,15-16H,5-6,9-13H2,1H3,(H,24,33)(H,26,27)(H,28,29)(H,30,31)(H2,22,23,32)/t15-,16?/m0/s1. The van der Waals surface area contributed by atoms with Crippen molar-refractivity contribution < 1.29 is 39.3 Å². The van der Waals surface area contributed by atoms with Crippen LogP contribution in [0.4, 0.5) is 9.59 Å². The Bertz CT molecular complexity index is 818. The lowest BCUT2D eigenvalue weighted by Gasteiger charge is -2.26. The molecular formula is C21H30N4O8. The van der Waals surface area contributed by atoms with Crippen LogP contribution in [0.25, 0.3) is 0 Å². The first-order valence-electron chi connectivity index (χ1n) is 10.4. The van der Waals surface area contributed by atoms with Gasteiger partial charge in [-0.1, -0.05) is 30.3 Å². The number of rotatable bonds is 14. The van der Waals surface area contributed by atoms with Gasteiger partial charge in [0, 0.05) is 26.6 Å². The highest BCUT2D eigenvalue weighted by atomic mass is 16.4. The van der Waals surface area contributed by atoms with E-state index in [0.29, 0.717) is 25.9 Å². The molecule has 12 nitrogen and oxygen atoms in total. The lowest BCUT2D eigenvalue weighted by atomic mass is 10.1. The summed E-state index contributed by atoms with van der Waals surface area (Å²) in [7, 11) is 1.22. The summed E-state index contributed by atoms with van der Waals surface area (Å²) in [5, 5.41) is 34.8. The average Bonchev–Trinajstić information content (AvgIpc) is 2.77. The van der Waals surface area contributed by atoms with Crippen LogP contribution in [-0.2, 0) is 20.9 Å². The van der Waals surface area contributed by atoms with Gasteiger partial charge in [-0.15, -0.1) is 0 Å². The maximum atomic E-state index is 12.3. The number of carbonyl (C=O) groups is 5. The first kappa shape index (κ1) is 27.2. The highest BCUT2D eigenvalue weighted by Crippen LogP contribution is 2.09. The fraction of sp³-hybridized carbons (Fsp3) is 0.476. The van der Waals surface area contributed by atoms with Crippen molar-refractivity contribution in [3.05, 3.63) is 35.9 Å². The van der Waals surface area contributed by atoms with Gasteiger partial charge in [0.15, 0.2) is 0 Å². The highest BCUT2D eigenvalue weighted by Gasteiger charge is 2.29. The number of unbranched alkanes of at least 4 members (excludes halogenated alkanes) is 1. The Morgan fingerprint density at radius 1 is 0.909 bits per heavy atom. The van der Waals surface area contributed by atoms with Gasteiger partial charge < -0.3 is 36.2 Å². The Balaban J connectivity index is 2.41. The normalized spacial score (nSPS) is 12.2. The van der Waals surface area contributed by atoms with Gasteiger partial charge in [-0.3, -0.25) is 4.79 Å². The third-order valence-corrected chi connectivity index (χ3v) is 4.80. The number of hydrogen-bond donors (Lipinski definition) is 6. The van der Waals surface area contributed by atoms with Gasteiger partial charge in [-0.25, -0.2) is 19.2 Å². The summed E-state index contributed by atoms with van der Waals surface area (Å²) in [6, 6.07) is 5.40. The van der Waals surface area contributed by atoms with Gasteiger partial charge in [0.1, 0.15) is 12.1 Å². The summed E-state index contributed by atoms with van der Waals surface area (Å²) in [6.45, 7) is 0.677. The molecule has 0 saturated heterocycles. The van der Waals surface area contributed by atoms with Crippen LogP contribution in [-0.4, -0.2) is 75.9 Å². The second kappa shape index (κ2) is 14.3. The van der Waals surface area contributed by atoms with E-state index < -0.39 is 42.4 Å². The molecule has 0 heterocycles. The molecule has 0 bridgehead atoms. The Kier molecular flexibility index (Phi) is 11.8. The van der Waals surface area contributed by atoms with Crippen LogP contribution < -0.4 is 16.0 Å². The number of carbonyl (C=O) groups excluding carboxylic acids is 2. The van der Waals surface area contributed by atoms with E-state index in [-0.39, 0.29) is 18.9 Å². The molecule has 1 unspecified atom stereocenters. The van der Waals surface area contributed by atoms with Crippen molar-refractivity contribution in [2.75, 3.05) is 13.6 Å². The minimum absolute atomic E-state index is 0.0828. The largest absolute Gasteiger partial charge is 0.481 e. The summed E-state index contributed by atoms with van der Waals surface area (Å²) in [5.74, 6) is -3.89. The molecule has 0 fully saturated rings. The van der Waals surface area contributed by atoms with E-state index in [1.165, 1.54) is 7.05 Å². The predicted octanol–water partition coefficient (Wildman–Crippen LogP) is 1.07. The second-order valence-corrected chi connectivity index (χ2v) is 7.33. The molecule has 0 radical (unpaired) electrons. The molecule has 12 heteroatoms. The lowest BCUT2D eigenvalue weighted by molar-refractivity contribution is -0.142. The van der Waals surface area contributed by atoms with Crippen LogP contribution in [0.15, 0.2) is 30.3 Å². The molecule has 1 rings (SSSR count). The average molecular weight is 466 g/mol. The number of carboxylic acids is 3. The zero-order chi connectivity index (χ0) is 24.8. The molecule has 0 aliphatic rings. The van der Waals surface area contributed by atoms with Crippen LogP contribution in [0, 0.1) is 0 Å². The minimum Gasteiger partial charge on any atom is -0.481 e. The summed E-state index contributed by atoms with van der Waals surface area (Å²) in [6.07, 6.45) is 0.137. The summed E-state index contributed by atoms with van der Waals surface area (Å²) in [4.78, 5) is 58.4. The third-order valence-electron chi connectivity index (χ3n) is 4.80. The van der Waals surface area contributed by atoms with Crippen molar-refractivity contribution in [3.63, 3.8) is 0 Å². The van der Waals surface area contributed by atoms with Gasteiger partial charge in [0.2, 0.25) is 0 Å². The molecule has 33 heavy (non-hydrogen) atoms. The van der Waals surface area contributed by atoms with Crippen molar-refractivity contribution in [1.82, 2.24) is 20.9 Å². The molecule has 0 aliphatic heterocycles. The SMILES string of the molecule is CN(C(=O)N[C@@H](CCC(=O)O)C(=O)O)C(CCCCNC(=O)NCc1ccccc1)C(=O)O. The van der Waals surface area contributed by atoms with E-state index in [2.05, 4.69) is 16.0 Å². The molecular weight excluding hydrogens is 436 g/mol. The summed E-state index contributed by atoms with van der Waals surface area (Å²) >= 11 is 0. The van der Waals surface area contributed by atoms with E-state index in [1.807, 2.05) is 30.3 Å². The van der Waals surface area contributed by atoms with Crippen molar-refractivity contribution in [2.45, 2.75) is 50.7 Å². The van der Waals surface area contributed by atoms with E-state index in [1.54, 1.807) is 0 Å².